The van der Waals surface area contributed by atoms with Crippen molar-refractivity contribution in [3.05, 3.63) is 65.6 Å². The van der Waals surface area contributed by atoms with Crippen LogP contribution in [0.2, 0.25) is 0 Å². The van der Waals surface area contributed by atoms with Gasteiger partial charge in [-0.15, -0.1) is 0 Å². The van der Waals surface area contributed by atoms with Gasteiger partial charge in [-0.05, 0) is 49.6 Å². The summed E-state index contributed by atoms with van der Waals surface area (Å²) in [6.45, 7) is 0. The number of hydrogen-bond donors (Lipinski definition) is 2. The van der Waals surface area contributed by atoms with Gasteiger partial charge in [-0.3, -0.25) is 4.98 Å². The molecule has 3 N–H and O–H groups in total. The van der Waals surface area contributed by atoms with Crippen LogP contribution in [0.15, 0.2) is 48.8 Å². The predicted octanol–water partition coefficient (Wildman–Crippen LogP) is 4.12. The van der Waals surface area contributed by atoms with Gasteiger partial charge in [0, 0.05) is 40.9 Å². The predicted molar refractivity (Wildman–Crippen MR) is 100.0 cm³/mol. The molecular weight excluding hydrogens is 367 g/mol. The lowest BCUT2D eigenvalue weighted by Crippen LogP contribution is -2.29. The first-order chi connectivity index (χ1) is 13.4. The molecule has 0 bridgehead atoms. The number of rotatable bonds is 3. The fraction of sp³-hybridized carbons (Fsp3) is 0.250. The summed E-state index contributed by atoms with van der Waals surface area (Å²) in [6, 6.07) is 8.66. The van der Waals surface area contributed by atoms with Crippen LogP contribution in [0.5, 0.6) is 0 Å². The molecule has 0 saturated heterocycles. The van der Waals surface area contributed by atoms with E-state index in [4.69, 9.17) is 5.73 Å². The largest absolute Gasteiger partial charge is 0.416 e. The Morgan fingerprint density at radius 2 is 1.96 bits per heavy atom. The number of alkyl halides is 3. The maximum Gasteiger partial charge on any atom is 0.416 e. The summed E-state index contributed by atoms with van der Waals surface area (Å²) in [5, 5.41) is 3.05. The third-order valence-electron chi connectivity index (χ3n) is 4.68. The molecule has 5 nitrogen and oxygen atoms in total. The minimum absolute atomic E-state index is 0.0256. The van der Waals surface area contributed by atoms with Crippen LogP contribution in [-0.2, 0) is 19.0 Å². The van der Waals surface area contributed by atoms with E-state index in [0.717, 1.165) is 35.4 Å². The van der Waals surface area contributed by atoms with Crippen LogP contribution in [0, 0.1) is 0 Å². The Bertz CT molecular complexity index is 989. The Labute approximate surface area is 159 Å². The van der Waals surface area contributed by atoms with Crippen molar-refractivity contribution in [3.63, 3.8) is 0 Å². The minimum Gasteiger partial charge on any atom is -0.340 e. The molecule has 1 aliphatic carbocycles. The Hall–Kier alpha value is -3.00. The first-order valence-electron chi connectivity index (χ1n) is 8.90. The highest BCUT2D eigenvalue weighted by Crippen LogP contribution is 2.33. The average Bonchev–Trinajstić information content (AvgIpc) is 2.68. The van der Waals surface area contributed by atoms with Crippen molar-refractivity contribution in [1.29, 1.82) is 0 Å². The number of aryl methyl sites for hydroxylation is 1. The zero-order chi connectivity index (χ0) is 19.7. The quantitative estimate of drug-likeness (QED) is 0.709. The molecule has 0 unspecified atom stereocenters. The smallest absolute Gasteiger partial charge is 0.340 e. The number of benzene rings is 1. The van der Waals surface area contributed by atoms with Crippen molar-refractivity contribution in [2.75, 3.05) is 5.32 Å². The molecule has 0 fully saturated rings. The monoisotopic (exact) mass is 385 g/mol. The number of anilines is 2. The molecule has 2 aromatic heterocycles. The summed E-state index contributed by atoms with van der Waals surface area (Å²) in [7, 11) is 0. The zero-order valence-electron chi connectivity index (χ0n) is 14.9. The molecule has 4 rings (SSSR count). The lowest BCUT2D eigenvalue weighted by atomic mass is 9.92. The number of pyridine rings is 1. The topological polar surface area (TPSA) is 76.7 Å². The highest BCUT2D eigenvalue weighted by Gasteiger charge is 2.30. The second-order valence-corrected chi connectivity index (χ2v) is 6.77. The van der Waals surface area contributed by atoms with E-state index in [0.29, 0.717) is 30.2 Å². The fourth-order valence-electron chi connectivity index (χ4n) is 3.28. The van der Waals surface area contributed by atoms with Gasteiger partial charge >= 0.3 is 6.18 Å². The molecular formula is C20H18F3N5. The second-order valence-electron chi connectivity index (χ2n) is 6.77. The van der Waals surface area contributed by atoms with E-state index in [1.54, 1.807) is 24.5 Å². The molecule has 0 saturated carbocycles. The summed E-state index contributed by atoms with van der Waals surface area (Å²) >= 11 is 0. The van der Waals surface area contributed by atoms with E-state index in [9.17, 15) is 13.2 Å². The molecule has 1 aliphatic rings. The number of nitrogens with zero attached hydrogens (tertiary/aromatic N) is 3. The van der Waals surface area contributed by atoms with Crippen LogP contribution in [0.3, 0.4) is 0 Å². The van der Waals surface area contributed by atoms with E-state index < -0.39 is 11.7 Å². The maximum absolute atomic E-state index is 13.0. The summed E-state index contributed by atoms with van der Waals surface area (Å²) in [6.07, 6.45) is 0.978. The number of hydrogen-bond acceptors (Lipinski definition) is 5. The minimum atomic E-state index is -4.41. The highest BCUT2D eigenvalue weighted by molar-refractivity contribution is 5.65. The highest BCUT2D eigenvalue weighted by atomic mass is 19.4. The molecule has 1 atom stereocenters. The van der Waals surface area contributed by atoms with Crippen LogP contribution in [-0.4, -0.2) is 21.0 Å². The van der Waals surface area contributed by atoms with Gasteiger partial charge in [0.25, 0.3) is 0 Å². The van der Waals surface area contributed by atoms with E-state index in [1.165, 1.54) is 6.07 Å². The molecule has 2 heterocycles. The van der Waals surface area contributed by atoms with Crippen LogP contribution in [0.25, 0.3) is 11.4 Å². The van der Waals surface area contributed by atoms with E-state index in [1.807, 2.05) is 6.07 Å². The summed E-state index contributed by atoms with van der Waals surface area (Å²) < 4.78 is 39.1. The van der Waals surface area contributed by atoms with Crippen molar-refractivity contribution in [1.82, 2.24) is 15.0 Å². The molecule has 1 aromatic carbocycles. The SMILES string of the molecule is N[C@H]1CCc2nc(-c3cccnc3)nc(Nc3cccc(C(F)(F)F)c3)c2C1. The van der Waals surface area contributed by atoms with Crippen molar-refractivity contribution in [2.45, 2.75) is 31.5 Å². The van der Waals surface area contributed by atoms with Gasteiger partial charge in [0.15, 0.2) is 5.82 Å². The van der Waals surface area contributed by atoms with E-state index in [2.05, 4.69) is 20.3 Å². The Morgan fingerprint density at radius 1 is 1.11 bits per heavy atom. The van der Waals surface area contributed by atoms with Crippen LogP contribution < -0.4 is 11.1 Å². The molecule has 0 spiro atoms. The van der Waals surface area contributed by atoms with Gasteiger partial charge in [0.05, 0.1) is 5.56 Å². The Kier molecular flexibility index (Phi) is 4.72. The van der Waals surface area contributed by atoms with Crippen molar-refractivity contribution in [3.8, 4) is 11.4 Å². The van der Waals surface area contributed by atoms with Gasteiger partial charge in [-0.1, -0.05) is 6.07 Å². The van der Waals surface area contributed by atoms with Gasteiger partial charge in [0.1, 0.15) is 5.82 Å². The molecule has 8 heteroatoms. The molecule has 3 aromatic rings. The van der Waals surface area contributed by atoms with Crippen LogP contribution >= 0.6 is 0 Å². The zero-order valence-corrected chi connectivity index (χ0v) is 14.9. The fourth-order valence-corrected chi connectivity index (χ4v) is 3.28. The number of nitrogens with two attached hydrogens (primary N) is 1. The van der Waals surface area contributed by atoms with Gasteiger partial charge < -0.3 is 11.1 Å². The number of halogens is 3. The molecule has 28 heavy (non-hydrogen) atoms. The van der Waals surface area contributed by atoms with Crippen LogP contribution in [0.4, 0.5) is 24.7 Å². The third kappa shape index (κ3) is 3.82. The molecule has 0 radical (unpaired) electrons. The standard InChI is InChI=1S/C20H18F3N5/c21-20(22,23)13-4-1-5-15(9-13)26-19-16-10-14(24)6-7-17(16)27-18(28-19)12-3-2-8-25-11-12/h1-5,8-9,11,14H,6-7,10,24H2,(H,26,27,28)/t14-/m0/s1. The first kappa shape index (κ1) is 18.4. The van der Waals surface area contributed by atoms with Gasteiger partial charge in [0.2, 0.25) is 0 Å². The maximum atomic E-state index is 13.0. The lowest BCUT2D eigenvalue weighted by Gasteiger charge is -2.24. The number of aromatic nitrogens is 3. The molecule has 0 aliphatic heterocycles. The molecule has 0 amide bonds. The number of nitrogens with one attached hydrogen (secondary N) is 1. The van der Waals surface area contributed by atoms with E-state index >= 15 is 0 Å². The van der Waals surface area contributed by atoms with Crippen molar-refractivity contribution >= 4 is 11.5 Å². The van der Waals surface area contributed by atoms with E-state index in [-0.39, 0.29) is 6.04 Å². The van der Waals surface area contributed by atoms with Crippen molar-refractivity contribution < 1.29 is 13.2 Å². The lowest BCUT2D eigenvalue weighted by molar-refractivity contribution is -0.137. The Balaban J connectivity index is 1.77. The average molecular weight is 385 g/mol. The number of fused-ring (bicyclic) bond motifs is 1. The van der Waals surface area contributed by atoms with Crippen LogP contribution in [0.1, 0.15) is 23.2 Å². The first-order valence-corrected chi connectivity index (χ1v) is 8.90. The van der Waals surface area contributed by atoms with Gasteiger partial charge in [-0.25, -0.2) is 9.97 Å². The summed E-state index contributed by atoms with van der Waals surface area (Å²) in [4.78, 5) is 13.3. The third-order valence-corrected chi connectivity index (χ3v) is 4.68. The second kappa shape index (κ2) is 7.20. The normalized spacial score (nSPS) is 16.5. The van der Waals surface area contributed by atoms with Crippen molar-refractivity contribution in [2.24, 2.45) is 5.73 Å². The Morgan fingerprint density at radius 3 is 2.71 bits per heavy atom. The summed E-state index contributed by atoms with van der Waals surface area (Å²) in [5.41, 5.74) is 8.15. The molecule has 144 valence electrons. The summed E-state index contributed by atoms with van der Waals surface area (Å²) in [5.74, 6) is 0.968. The van der Waals surface area contributed by atoms with Gasteiger partial charge in [-0.2, -0.15) is 13.2 Å².